The second-order valence-corrected chi connectivity index (χ2v) is 7.52. The number of fused-ring (bicyclic) bond motifs is 2. The van der Waals surface area contributed by atoms with E-state index in [2.05, 4.69) is 10.2 Å². The van der Waals surface area contributed by atoms with Gasteiger partial charge in [-0.1, -0.05) is 23.9 Å². The van der Waals surface area contributed by atoms with E-state index in [0.717, 1.165) is 10.5 Å². The first-order valence-electron chi connectivity index (χ1n) is 9.01. The average Bonchev–Trinajstić information content (AvgIpc) is 3.43. The van der Waals surface area contributed by atoms with Crippen LogP contribution in [-0.2, 0) is 4.79 Å². The number of thioether (sulfide) groups is 1. The van der Waals surface area contributed by atoms with Crippen LogP contribution in [0.25, 0.3) is 0 Å². The van der Waals surface area contributed by atoms with Crippen molar-refractivity contribution < 1.29 is 23.9 Å². The van der Waals surface area contributed by atoms with Crippen LogP contribution in [0.3, 0.4) is 0 Å². The fraction of sp³-hybridized carbons (Fsp3) is 0.150. The fourth-order valence-corrected chi connectivity index (χ4v) is 4.09. The molecule has 0 saturated carbocycles. The van der Waals surface area contributed by atoms with Crippen LogP contribution in [0.4, 0.5) is 0 Å². The molecule has 0 radical (unpaired) electrons. The van der Waals surface area contributed by atoms with Crippen molar-refractivity contribution in [1.82, 2.24) is 9.80 Å². The first kappa shape index (κ1) is 18.4. The summed E-state index contributed by atoms with van der Waals surface area (Å²) in [4.78, 5) is 39.8. The average molecular weight is 422 g/mol. The Morgan fingerprint density at radius 2 is 1.70 bits per heavy atom. The SMILES string of the molecule is O=C1c2ccccc2C(=O)N1CN1C(=O)CS/C1=N\N=C\c1ccc2c(c1)OCO2. The second-order valence-electron chi connectivity index (χ2n) is 6.58. The summed E-state index contributed by atoms with van der Waals surface area (Å²) in [7, 11) is 0. The number of amides is 3. The van der Waals surface area contributed by atoms with Gasteiger partial charge in [-0.3, -0.25) is 24.2 Å². The molecule has 9 nitrogen and oxygen atoms in total. The molecule has 3 aliphatic heterocycles. The van der Waals surface area contributed by atoms with Crippen LogP contribution in [0.5, 0.6) is 11.5 Å². The lowest BCUT2D eigenvalue weighted by Crippen LogP contribution is -2.43. The molecule has 1 saturated heterocycles. The molecule has 0 atom stereocenters. The molecule has 3 amide bonds. The summed E-state index contributed by atoms with van der Waals surface area (Å²) in [5.41, 5.74) is 1.42. The molecular formula is C20H14N4O5S. The largest absolute Gasteiger partial charge is 0.454 e. The van der Waals surface area contributed by atoms with E-state index < -0.39 is 11.8 Å². The molecule has 0 N–H and O–H groups in total. The number of hydrogen-bond acceptors (Lipinski definition) is 8. The summed E-state index contributed by atoms with van der Waals surface area (Å²) < 4.78 is 10.6. The quantitative estimate of drug-likeness (QED) is 0.424. The van der Waals surface area contributed by atoms with E-state index in [-0.39, 0.29) is 25.1 Å². The molecule has 30 heavy (non-hydrogen) atoms. The maximum absolute atomic E-state index is 12.6. The van der Waals surface area contributed by atoms with Gasteiger partial charge >= 0.3 is 0 Å². The van der Waals surface area contributed by atoms with E-state index in [4.69, 9.17) is 9.47 Å². The normalized spacial score (nSPS) is 18.9. The molecule has 3 heterocycles. The maximum atomic E-state index is 12.6. The molecule has 10 heteroatoms. The van der Waals surface area contributed by atoms with E-state index in [9.17, 15) is 14.4 Å². The molecule has 5 rings (SSSR count). The third-order valence-corrected chi connectivity index (χ3v) is 5.72. The molecule has 0 aliphatic carbocycles. The van der Waals surface area contributed by atoms with Crippen LogP contribution in [-0.4, -0.2) is 58.1 Å². The van der Waals surface area contributed by atoms with Gasteiger partial charge in [0.15, 0.2) is 16.7 Å². The van der Waals surface area contributed by atoms with Gasteiger partial charge in [-0.25, -0.2) is 0 Å². The number of imide groups is 1. The van der Waals surface area contributed by atoms with Gasteiger partial charge in [0.1, 0.15) is 6.67 Å². The first-order chi connectivity index (χ1) is 14.6. The number of nitrogens with zero attached hydrogens (tertiary/aromatic N) is 4. The van der Waals surface area contributed by atoms with Crippen LogP contribution < -0.4 is 9.47 Å². The Hall–Kier alpha value is -3.66. The molecule has 0 aromatic heterocycles. The van der Waals surface area contributed by atoms with Crippen LogP contribution in [0.2, 0.25) is 0 Å². The van der Waals surface area contributed by atoms with Crippen molar-refractivity contribution in [3.05, 3.63) is 59.2 Å². The maximum Gasteiger partial charge on any atom is 0.263 e. The summed E-state index contributed by atoms with van der Waals surface area (Å²) in [6.45, 7) is -0.0136. The number of amidine groups is 1. The molecule has 2 aromatic rings. The molecule has 0 unspecified atom stereocenters. The molecular weight excluding hydrogens is 408 g/mol. The second kappa shape index (κ2) is 7.30. The minimum absolute atomic E-state index is 0.168. The Kier molecular flexibility index (Phi) is 4.47. The fourth-order valence-electron chi connectivity index (χ4n) is 3.26. The van der Waals surface area contributed by atoms with Gasteiger partial charge in [0.25, 0.3) is 11.8 Å². The van der Waals surface area contributed by atoms with E-state index >= 15 is 0 Å². The number of rotatable bonds is 4. The van der Waals surface area contributed by atoms with Crippen molar-refractivity contribution in [2.45, 2.75) is 0 Å². The molecule has 3 aliphatic rings. The highest BCUT2D eigenvalue weighted by atomic mass is 32.2. The molecule has 1 fully saturated rings. The number of carbonyl (C=O) groups is 3. The van der Waals surface area contributed by atoms with E-state index in [1.807, 2.05) is 0 Å². The van der Waals surface area contributed by atoms with Crippen LogP contribution >= 0.6 is 11.8 Å². The highest BCUT2D eigenvalue weighted by molar-refractivity contribution is 8.15. The number of benzene rings is 2. The summed E-state index contributed by atoms with van der Waals surface area (Å²) in [6.07, 6.45) is 1.53. The third-order valence-electron chi connectivity index (χ3n) is 4.76. The van der Waals surface area contributed by atoms with Gasteiger partial charge in [-0.05, 0) is 35.9 Å². The predicted molar refractivity (Wildman–Crippen MR) is 109 cm³/mol. The van der Waals surface area contributed by atoms with Gasteiger partial charge in [0.05, 0.1) is 23.1 Å². The zero-order valence-electron chi connectivity index (χ0n) is 15.5. The Labute approximate surface area is 175 Å². The number of hydrogen-bond donors (Lipinski definition) is 0. The highest BCUT2D eigenvalue weighted by Gasteiger charge is 2.39. The summed E-state index contributed by atoms with van der Waals surface area (Å²) in [5.74, 6) is 0.370. The Bertz CT molecular complexity index is 1110. The number of ether oxygens (including phenoxy) is 2. The van der Waals surface area contributed by atoms with E-state index in [1.165, 1.54) is 22.9 Å². The van der Waals surface area contributed by atoms with Gasteiger partial charge < -0.3 is 9.47 Å². The van der Waals surface area contributed by atoms with Gasteiger partial charge in [-0.2, -0.15) is 5.10 Å². The van der Waals surface area contributed by atoms with Crippen LogP contribution in [0, 0.1) is 0 Å². The zero-order valence-corrected chi connectivity index (χ0v) is 16.3. The van der Waals surface area contributed by atoms with Crippen LogP contribution in [0.15, 0.2) is 52.7 Å². The lowest BCUT2D eigenvalue weighted by molar-refractivity contribution is -0.124. The van der Waals surface area contributed by atoms with Crippen LogP contribution in [0.1, 0.15) is 26.3 Å². The van der Waals surface area contributed by atoms with Gasteiger partial charge in [0, 0.05) is 0 Å². The minimum atomic E-state index is -0.427. The number of carbonyl (C=O) groups excluding carboxylic acids is 3. The topological polar surface area (TPSA) is 101 Å². The Balaban J connectivity index is 1.33. The van der Waals surface area contributed by atoms with Crippen molar-refractivity contribution >= 4 is 40.9 Å². The molecule has 150 valence electrons. The molecule has 0 spiro atoms. The Morgan fingerprint density at radius 1 is 0.967 bits per heavy atom. The van der Waals surface area contributed by atoms with E-state index in [0.29, 0.717) is 27.8 Å². The standard InChI is InChI=1S/C20H14N4O5S/c25-17-9-30-20(22-21-8-12-5-6-15-16(7-12)29-11-28-15)23(17)10-24-18(26)13-3-1-2-4-14(13)19(24)27/h1-8H,9-11H2/b21-8+,22-20-. The molecule has 0 bridgehead atoms. The van der Waals surface area contributed by atoms with Crippen molar-refractivity contribution in [2.75, 3.05) is 19.2 Å². The smallest absolute Gasteiger partial charge is 0.263 e. The molecule has 2 aromatic carbocycles. The highest BCUT2D eigenvalue weighted by Crippen LogP contribution is 2.32. The van der Waals surface area contributed by atoms with Crippen molar-refractivity contribution in [2.24, 2.45) is 10.2 Å². The predicted octanol–water partition coefficient (Wildman–Crippen LogP) is 1.93. The summed E-state index contributed by atoms with van der Waals surface area (Å²) in [5, 5.41) is 8.49. The van der Waals surface area contributed by atoms with Gasteiger partial charge in [0.2, 0.25) is 12.7 Å². The lowest BCUT2D eigenvalue weighted by Gasteiger charge is -2.21. The summed E-state index contributed by atoms with van der Waals surface area (Å²) in [6, 6.07) is 11.9. The minimum Gasteiger partial charge on any atom is -0.454 e. The van der Waals surface area contributed by atoms with Gasteiger partial charge in [-0.15, -0.1) is 5.10 Å². The third kappa shape index (κ3) is 3.11. The van der Waals surface area contributed by atoms with Crippen molar-refractivity contribution in [3.63, 3.8) is 0 Å². The van der Waals surface area contributed by atoms with Crippen molar-refractivity contribution in [3.8, 4) is 11.5 Å². The summed E-state index contributed by atoms with van der Waals surface area (Å²) >= 11 is 1.20. The lowest BCUT2D eigenvalue weighted by atomic mass is 10.1. The zero-order chi connectivity index (χ0) is 20.7. The Morgan fingerprint density at radius 3 is 2.47 bits per heavy atom. The first-order valence-corrected chi connectivity index (χ1v) is 9.99. The monoisotopic (exact) mass is 422 g/mol. The van der Waals surface area contributed by atoms with E-state index in [1.54, 1.807) is 42.5 Å². The van der Waals surface area contributed by atoms with Crippen molar-refractivity contribution in [1.29, 1.82) is 0 Å².